The highest BCUT2D eigenvalue weighted by Crippen LogP contribution is 2.17. The number of pyridine rings is 1. The van der Waals surface area contributed by atoms with Gasteiger partial charge in [0.2, 0.25) is 0 Å². The Kier molecular flexibility index (Phi) is 3.39. The van der Waals surface area contributed by atoms with Gasteiger partial charge in [0.15, 0.2) is 5.69 Å². The van der Waals surface area contributed by atoms with Gasteiger partial charge in [-0.2, -0.15) is 0 Å². The van der Waals surface area contributed by atoms with Crippen molar-refractivity contribution in [3.8, 4) is 0 Å². The van der Waals surface area contributed by atoms with Crippen LogP contribution in [0.3, 0.4) is 0 Å². The lowest BCUT2D eigenvalue weighted by Gasteiger charge is -2.18. The van der Waals surface area contributed by atoms with E-state index in [1.165, 1.54) is 0 Å². The van der Waals surface area contributed by atoms with Gasteiger partial charge in [-0.05, 0) is 25.1 Å². The minimum Gasteiger partial charge on any atom is -0.477 e. The Morgan fingerprint density at radius 1 is 1.35 bits per heavy atom. The number of carboxylic acid groups (broad SMARTS) is 1. The Morgan fingerprint density at radius 2 is 2.25 bits per heavy atom. The van der Waals surface area contributed by atoms with Crippen molar-refractivity contribution in [2.45, 2.75) is 19.4 Å². The summed E-state index contributed by atoms with van der Waals surface area (Å²) in [7, 11) is 0. The van der Waals surface area contributed by atoms with Gasteiger partial charge in [-0.15, -0.1) is 0 Å². The van der Waals surface area contributed by atoms with Crippen LogP contribution in [-0.4, -0.2) is 32.6 Å². The second kappa shape index (κ2) is 5.34. The molecule has 2 N–H and O–H groups in total. The number of rotatable bonds is 3. The maximum absolute atomic E-state index is 11.4. The third kappa shape index (κ3) is 2.50. The number of hydrogen-bond acceptors (Lipinski definition) is 5. The van der Waals surface area contributed by atoms with Crippen molar-refractivity contribution in [2.24, 2.45) is 0 Å². The summed E-state index contributed by atoms with van der Waals surface area (Å²) in [4.78, 5) is 24.2. The molecule has 6 nitrogen and oxygen atoms in total. The number of carbonyl (C=O) groups is 1. The molecule has 102 valence electrons. The number of nitrogens with zero attached hydrogens (tertiary/aromatic N) is 3. The molecule has 0 radical (unpaired) electrons. The number of carboxylic acids is 1. The zero-order valence-electron chi connectivity index (χ0n) is 10.8. The fraction of sp³-hybridized carbons (Fsp3) is 0.286. The van der Waals surface area contributed by atoms with E-state index in [1.807, 2.05) is 18.2 Å². The molecule has 0 saturated carbocycles. The molecule has 2 aromatic rings. The van der Waals surface area contributed by atoms with Crippen LogP contribution in [0.2, 0.25) is 0 Å². The molecule has 20 heavy (non-hydrogen) atoms. The van der Waals surface area contributed by atoms with Gasteiger partial charge in [0.05, 0.1) is 12.1 Å². The summed E-state index contributed by atoms with van der Waals surface area (Å²) in [6, 6.07) is 5.60. The van der Waals surface area contributed by atoms with E-state index in [9.17, 15) is 9.90 Å². The molecule has 0 unspecified atom stereocenters. The summed E-state index contributed by atoms with van der Waals surface area (Å²) in [5.74, 6) is -0.489. The summed E-state index contributed by atoms with van der Waals surface area (Å²) in [5, 5.41) is 12.5. The van der Waals surface area contributed by atoms with Gasteiger partial charge < -0.3 is 10.4 Å². The van der Waals surface area contributed by atoms with E-state index < -0.39 is 5.97 Å². The van der Waals surface area contributed by atoms with E-state index in [2.05, 4.69) is 20.3 Å². The Hall–Kier alpha value is -2.34. The first-order valence-corrected chi connectivity index (χ1v) is 6.46. The molecule has 0 fully saturated rings. The first-order chi connectivity index (χ1) is 9.74. The van der Waals surface area contributed by atoms with E-state index in [0.717, 1.165) is 23.5 Å². The van der Waals surface area contributed by atoms with Crippen LogP contribution in [0.25, 0.3) is 0 Å². The number of nitrogens with one attached hydrogen (secondary N) is 1. The Bertz CT molecular complexity index is 643. The third-order valence-corrected chi connectivity index (χ3v) is 3.25. The maximum Gasteiger partial charge on any atom is 0.354 e. The minimum atomic E-state index is -0.993. The van der Waals surface area contributed by atoms with Crippen LogP contribution in [0.15, 0.2) is 24.4 Å². The Labute approximate surface area is 115 Å². The molecule has 6 heteroatoms. The molecule has 0 saturated heterocycles. The summed E-state index contributed by atoms with van der Waals surface area (Å²) in [5.41, 5.74) is 2.49. The lowest BCUT2D eigenvalue weighted by atomic mass is 10.0. The second-order valence-corrected chi connectivity index (χ2v) is 4.64. The van der Waals surface area contributed by atoms with E-state index in [1.54, 1.807) is 6.20 Å². The van der Waals surface area contributed by atoms with Crippen LogP contribution in [0.5, 0.6) is 0 Å². The number of aromatic nitrogens is 3. The fourth-order valence-electron chi connectivity index (χ4n) is 2.33. The number of fused-ring (bicyclic) bond motifs is 1. The zero-order valence-corrected chi connectivity index (χ0v) is 10.8. The molecule has 0 aliphatic carbocycles. The van der Waals surface area contributed by atoms with Crippen molar-refractivity contribution in [1.82, 2.24) is 20.3 Å². The molecule has 0 amide bonds. The molecule has 2 aromatic heterocycles. The average molecular weight is 270 g/mol. The minimum absolute atomic E-state index is 0.127. The van der Waals surface area contributed by atoms with Gasteiger partial charge >= 0.3 is 5.97 Å². The Morgan fingerprint density at radius 3 is 3.00 bits per heavy atom. The molecular weight excluding hydrogens is 256 g/mol. The molecule has 0 spiro atoms. The van der Waals surface area contributed by atoms with Gasteiger partial charge in [-0.25, -0.2) is 14.8 Å². The predicted octanol–water partition coefficient (Wildman–Crippen LogP) is 0.806. The number of aromatic carboxylic acids is 1. The Balaban J connectivity index is 2.00. The van der Waals surface area contributed by atoms with Gasteiger partial charge in [0.25, 0.3) is 0 Å². The highest BCUT2D eigenvalue weighted by atomic mass is 16.4. The summed E-state index contributed by atoms with van der Waals surface area (Å²) >= 11 is 0. The molecule has 3 heterocycles. The van der Waals surface area contributed by atoms with Crippen molar-refractivity contribution in [3.05, 3.63) is 52.9 Å². The van der Waals surface area contributed by atoms with Gasteiger partial charge in [-0.1, -0.05) is 6.07 Å². The molecule has 3 rings (SSSR count). The van der Waals surface area contributed by atoms with Crippen molar-refractivity contribution in [3.63, 3.8) is 0 Å². The van der Waals surface area contributed by atoms with Crippen LogP contribution < -0.4 is 5.32 Å². The summed E-state index contributed by atoms with van der Waals surface area (Å²) < 4.78 is 0. The van der Waals surface area contributed by atoms with E-state index in [-0.39, 0.29) is 5.69 Å². The molecule has 1 aliphatic heterocycles. The first-order valence-electron chi connectivity index (χ1n) is 6.46. The van der Waals surface area contributed by atoms with Crippen LogP contribution in [0.1, 0.15) is 33.3 Å². The van der Waals surface area contributed by atoms with E-state index >= 15 is 0 Å². The normalized spacial score (nSPS) is 13.8. The second-order valence-electron chi connectivity index (χ2n) is 4.64. The SMILES string of the molecule is O=C(O)c1nc(Cc2ccccn2)nc2c1CCNC2. The molecule has 0 aromatic carbocycles. The van der Waals surface area contributed by atoms with Crippen molar-refractivity contribution in [2.75, 3.05) is 6.54 Å². The highest BCUT2D eigenvalue weighted by Gasteiger charge is 2.21. The van der Waals surface area contributed by atoms with Crippen LogP contribution >= 0.6 is 0 Å². The maximum atomic E-state index is 11.4. The third-order valence-electron chi connectivity index (χ3n) is 3.25. The summed E-state index contributed by atoms with van der Waals surface area (Å²) in [6.45, 7) is 1.35. The van der Waals surface area contributed by atoms with E-state index in [0.29, 0.717) is 25.2 Å². The molecule has 0 atom stereocenters. The van der Waals surface area contributed by atoms with Gasteiger partial charge in [0.1, 0.15) is 5.82 Å². The van der Waals surface area contributed by atoms with Gasteiger partial charge in [-0.3, -0.25) is 4.98 Å². The lowest BCUT2D eigenvalue weighted by molar-refractivity contribution is 0.0688. The van der Waals surface area contributed by atoms with E-state index in [4.69, 9.17) is 0 Å². The zero-order chi connectivity index (χ0) is 13.9. The number of hydrogen-bond donors (Lipinski definition) is 2. The lowest BCUT2D eigenvalue weighted by Crippen LogP contribution is -2.28. The molecule has 0 bridgehead atoms. The topological polar surface area (TPSA) is 88.0 Å². The quantitative estimate of drug-likeness (QED) is 0.858. The smallest absolute Gasteiger partial charge is 0.354 e. The van der Waals surface area contributed by atoms with Crippen LogP contribution in [0.4, 0.5) is 0 Å². The predicted molar refractivity (Wildman–Crippen MR) is 71.4 cm³/mol. The van der Waals surface area contributed by atoms with Crippen LogP contribution in [0, 0.1) is 0 Å². The largest absolute Gasteiger partial charge is 0.477 e. The van der Waals surface area contributed by atoms with Crippen molar-refractivity contribution in [1.29, 1.82) is 0 Å². The summed E-state index contributed by atoms with van der Waals surface area (Å²) in [6.07, 6.45) is 2.79. The molecule has 1 aliphatic rings. The first kappa shape index (κ1) is 12.7. The van der Waals surface area contributed by atoms with Crippen LogP contribution in [-0.2, 0) is 19.4 Å². The standard InChI is InChI=1S/C14H14N4O2/c19-14(20)13-10-4-6-15-8-11(10)17-12(18-13)7-9-3-1-2-5-16-9/h1-3,5,15H,4,6-8H2,(H,19,20). The average Bonchev–Trinajstić information content (AvgIpc) is 2.47. The van der Waals surface area contributed by atoms with Gasteiger partial charge in [0, 0.05) is 24.0 Å². The molecular formula is C14H14N4O2. The van der Waals surface area contributed by atoms with Crippen molar-refractivity contribution >= 4 is 5.97 Å². The monoisotopic (exact) mass is 270 g/mol. The van der Waals surface area contributed by atoms with Crippen molar-refractivity contribution < 1.29 is 9.90 Å². The fourth-order valence-corrected chi connectivity index (χ4v) is 2.33. The highest BCUT2D eigenvalue weighted by molar-refractivity contribution is 5.87.